The fourth-order valence-electron chi connectivity index (χ4n) is 5.17. The van der Waals surface area contributed by atoms with E-state index in [1.54, 1.807) is 25.5 Å². The van der Waals surface area contributed by atoms with Gasteiger partial charge in [0.2, 0.25) is 5.95 Å². The van der Waals surface area contributed by atoms with Crippen LogP contribution in [0, 0.1) is 184 Å². The number of piperazine rings is 1. The van der Waals surface area contributed by atoms with Crippen molar-refractivity contribution in [1.82, 2.24) is 24.8 Å². The zero-order chi connectivity index (χ0) is 57.4. The molecule has 20 heteroatoms. The molecule has 1 saturated heterocycles. The molecule has 1 fully saturated rings. The van der Waals surface area contributed by atoms with Gasteiger partial charge in [-0.1, -0.05) is 24.1 Å². The molecule has 1 aliphatic heterocycles. The number of terminal acetylenes is 1. The van der Waals surface area contributed by atoms with Crippen molar-refractivity contribution in [3.63, 3.8) is 0 Å². The predicted octanol–water partition coefficient (Wildman–Crippen LogP) is 9.41. The van der Waals surface area contributed by atoms with Crippen molar-refractivity contribution in [2.75, 3.05) is 50.1 Å². The number of rotatable bonds is 10. The number of aromatic nitrogens is 3. The van der Waals surface area contributed by atoms with Crippen LogP contribution >= 0.6 is 0 Å². The van der Waals surface area contributed by atoms with Crippen molar-refractivity contribution in [1.29, 1.82) is 5.53 Å². The number of nitroso groups, excluding NO2 is 1. The number of aryl methyl sites for hydroxylation is 1. The largest absolute Gasteiger partial charge is 0.324 e. The third-order valence-electron chi connectivity index (χ3n) is 8.47. The van der Waals surface area contributed by atoms with Gasteiger partial charge >= 0.3 is 0 Å². The number of nitrogens with one attached hydrogen (secondary N) is 3. The highest BCUT2D eigenvalue weighted by Crippen LogP contribution is 2.25. The number of nitrogens with zero attached hydrogens (tertiary/aromatic N) is 11. The van der Waals surface area contributed by atoms with E-state index in [0.29, 0.717) is 23.5 Å². The van der Waals surface area contributed by atoms with Gasteiger partial charge in [-0.05, 0) is 185 Å². The molecule has 0 spiro atoms. The number of hydrogen-bond acceptors (Lipinski definition) is 11. The molecule has 0 bridgehead atoms. The summed E-state index contributed by atoms with van der Waals surface area (Å²) in [5.74, 6) is 67.2. The summed E-state index contributed by atoms with van der Waals surface area (Å²) < 4.78 is 25.9. The van der Waals surface area contributed by atoms with Crippen LogP contribution in [0.5, 0.6) is 0 Å². The average molecular weight is 1080 g/mol. The molecule has 2 aromatic heterocycles. The second kappa shape index (κ2) is 40.5. The molecule has 408 valence electrons. The van der Waals surface area contributed by atoms with Crippen LogP contribution in [0.4, 0.5) is 17.3 Å². The third-order valence-corrected chi connectivity index (χ3v) is 8.47. The van der Waals surface area contributed by atoms with Crippen molar-refractivity contribution in [3.8, 4) is 178 Å². The molecule has 2 aromatic carbocycles. The van der Waals surface area contributed by atoms with Gasteiger partial charge in [-0.25, -0.2) is 9.97 Å². The summed E-state index contributed by atoms with van der Waals surface area (Å²) in [6, 6.07) is 19.3. The maximum absolute atomic E-state index is 12.9. The van der Waals surface area contributed by atoms with E-state index >= 15 is 0 Å². The summed E-state index contributed by atoms with van der Waals surface area (Å²) >= 11 is 0. The van der Waals surface area contributed by atoms with Crippen molar-refractivity contribution >= 4 is 33.3 Å². The van der Waals surface area contributed by atoms with Crippen molar-refractivity contribution in [2.24, 2.45) is 31.4 Å². The zero-order valence-electron chi connectivity index (χ0n) is 42.5. The molecule has 1 aliphatic rings. The zero-order valence-corrected chi connectivity index (χ0v) is 43.3. The molecule has 0 aliphatic carbocycles. The predicted molar refractivity (Wildman–Crippen MR) is 328 cm³/mol. The maximum Gasteiger partial charge on any atom is 0.261 e. The Balaban J connectivity index is -0.000000106. The highest BCUT2D eigenvalue weighted by molar-refractivity contribution is 7.85. The average Bonchev–Trinajstić information content (AvgIpc) is 3.44. The molecule has 1 amide bonds. The molecular formula is C59H66N14O5S. The molecule has 0 radical (unpaired) electrons. The number of hydrogen-bond donors (Lipinski definition) is 4. The Morgan fingerprint density at radius 2 is 1.23 bits per heavy atom. The molecular weight excluding hydrogens is 1020 g/mol. The topological polar surface area (TPSA) is 256 Å². The minimum absolute atomic E-state index is 0. The van der Waals surface area contributed by atoms with E-state index in [1.165, 1.54) is 5.56 Å². The number of amides is 1. The first-order valence-electron chi connectivity index (χ1n) is 22.1. The number of anilines is 3. The molecule has 0 unspecified atom stereocenters. The van der Waals surface area contributed by atoms with Gasteiger partial charge in [0, 0.05) is 162 Å². The highest BCUT2D eigenvalue weighted by Gasteiger charge is 2.15. The van der Waals surface area contributed by atoms with Gasteiger partial charge in [0.05, 0.1) is 11.9 Å². The second-order valence-corrected chi connectivity index (χ2v) is 15.7. The van der Waals surface area contributed by atoms with E-state index in [1.807, 2.05) is 72.9 Å². The Labute approximate surface area is 479 Å². The fraction of sp³-hybridized carbons (Fsp3) is 0.153. The van der Waals surface area contributed by atoms with Gasteiger partial charge < -0.3 is 15.5 Å². The molecule has 0 saturated carbocycles. The summed E-state index contributed by atoms with van der Waals surface area (Å²) in [5, 5.41) is 21.2. The molecule has 4 aromatic rings. The van der Waals surface area contributed by atoms with E-state index in [2.05, 4.69) is 228 Å². The molecule has 0 atom stereocenters. The van der Waals surface area contributed by atoms with E-state index in [4.69, 9.17) is 21.4 Å². The monoisotopic (exact) mass is 1080 g/mol. The minimum Gasteiger partial charge on any atom is -0.324 e. The minimum atomic E-state index is -3.67. The Morgan fingerprint density at radius 3 is 1.70 bits per heavy atom. The molecule has 19 nitrogen and oxygen atoms in total. The van der Waals surface area contributed by atoms with Crippen LogP contribution in [0.2, 0.25) is 0 Å². The first kappa shape index (κ1) is 63.1. The summed E-state index contributed by atoms with van der Waals surface area (Å²) in [6.07, 6.45) is 10.8. The lowest BCUT2D eigenvalue weighted by molar-refractivity contribution is 0.102. The van der Waals surface area contributed by atoms with Gasteiger partial charge in [-0.2, -0.15) is 13.9 Å². The van der Waals surface area contributed by atoms with Crippen LogP contribution in [-0.2, 0) is 16.7 Å². The Bertz CT molecular complexity index is 3950. The lowest BCUT2D eigenvalue weighted by atomic mass is 10.1. The van der Waals surface area contributed by atoms with Gasteiger partial charge in [-0.3, -0.25) is 19.2 Å². The molecule has 4 N–H and O–H groups in total. The van der Waals surface area contributed by atoms with E-state index in [-0.39, 0.29) is 24.5 Å². The molecule has 3 heterocycles. The van der Waals surface area contributed by atoms with Crippen LogP contribution in [0.15, 0.2) is 111 Å². The summed E-state index contributed by atoms with van der Waals surface area (Å²) in [6.45, 7) is 8.93. The number of carbonyl (C=O) groups excluding carboxylic acids is 1. The van der Waals surface area contributed by atoms with Crippen LogP contribution < -0.4 is 10.6 Å². The van der Waals surface area contributed by atoms with E-state index < -0.39 is 10.1 Å². The fourth-order valence-corrected chi connectivity index (χ4v) is 5.17. The number of benzene rings is 2. The number of likely N-dealkylation sites (N-methyl/N-ethyl adjacent to an activating group) is 1. The van der Waals surface area contributed by atoms with Crippen LogP contribution in [0.1, 0.15) is 47.0 Å². The maximum atomic E-state index is 12.9. The Kier molecular flexibility index (Phi) is 32.4. The normalized spacial score (nSPS) is 9.92. The first-order chi connectivity index (χ1) is 38.4. The smallest absolute Gasteiger partial charge is 0.261 e. The third kappa shape index (κ3) is 33.4. The second-order valence-electron chi connectivity index (χ2n) is 14.2. The van der Waals surface area contributed by atoms with Crippen LogP contribution in [0.25, 0.3) is 11.3 Å². The van der Waals surface area contributed by atoms with Crippen LogP contribution in [0.3, 0.4) is 0 Å². The Morgan fingerprint density at radius 1 is 0.722 bits per heavy atom. The van der Waals surface area contributed by atoms with Gasteiger partial charge in [0.15, 0.2) is 0 Å². The van der Waals surface area contributed by atoms with Crippen molar-refractivity contribution < 1.29 is 36.3 Å². The standard InChI is InChI=1S/C29H31N7O.C29H4.CH4O3S.HN7O.13H2/c1-21-5-10-25(18-27(21)34-29-31-13-11-26(33-29)24-4-3-12-30-19-24)32-28(37)23-8-6-22(7-9-23)20-36-16-14-35(2)15-17-36;1-3-5-7-9-11-13-15-17-19-21-23-25-27-29-28-26-24-22-20-18-16-14-12-10-8-6-4-2;1-5(2,3)4;1-2-3-4-5-6-7-8;;;;;;;;;;;;;/h3-13,18-19H,14-17,20H2,1-2H3,(H,32,37)(H,31,33,34);1H,2H3;1H3,(H,2,3,4);1H;13*1H/b;;;2-1?,4-3+,6-5+;;;;;;;;;;;;;. The van der Waals surface area contributed by atoms with Crippen LogP contribution in [-0.4, -0.2) is 83.1 Å². The summed E-state index contributed by atoms with van der Waals surface area (Å²) in [4.78, 5) is 39.9. The quantitative estimate of drug-likeness (QED) is 0.0382. The van der Waals surface area contributed by atoms with Crippen molar-refractivity contribution in [3.05, 3.63) is 101 Å². The summed E-state index contributed by atoms with van der Waals surface area (Å²) in [7, 11) is -1.51. The van der Waals surface area contributed by atoms with E-state index in [9.17, 15) is 13.2 Å². The highest BCUT2D eigenvalue weighted by atomic mass is 32.2. The van der Waals surface area contributed by atoms with Gasteiger partial charge in [0.25, 0.3) is 16.0 Å². The van der Waals surface area contributed by atoms with Crippen molar-refractivity contribution in [2.45, 2.75) is 20.4 Å². The SMILES string of the molecule is C#CC#CC#CC#CC#CC#CC#CC#CC#CC#CC#CC#CC#CC#CC.CS(=O)(=O)O.Cc1ccc(NC(=O)c2ccc(CN3CCN(C)CC3)cc2)cc1Nc1nccc(-c2cccnc2)n1.N=N/N=N/N=N/N=O.[HH].[HH].[HH].[HH].[HH].[HH].[HH].[HH].[HH].[HH].[HH].[HH].[HH]. The number of carbonyl (C=O) groups is 1. The molecule has 79 heavy (non-hydrogen) atoms. The number of pyridine rings is 1. The summed E-state index contributed by atoms with van der Waals surface area (Å²) in [5.41, 5.74) is 12.1. The lowest BCUT2D eigenvalue weighted by Crippen LogP contribution is -2.43. The van der Waals surface area contributed by atoms with E-state index in [0.717, 1.165) is 55.2 Å². The first-order valence-corrected chi connectivity index (χ1v) is 23.9. The van der Waals surface area contributed by atoms with Gasteiger partial charge in [-0.15, -0.1) is 11.3 Å². The molecule has 5 rings (SSSR count). The lowest BCUT2D eigenvalue weighted by Gasteiger charge is -2.32. The Hall–Kier alpha value is -12.0. The van der Waals surface area contributed by atoms with Gasteiger partial charge in [0.1, 0.15) is 5.29 Å².